The summed E-state index contributed by atoms with van der Waals surface area (Å²) in [6.45, 7) is 7.51. The number of halogens is 1. The van der Waals surface area contributed by atoms with Crippen LogP contribution in [-0.4, -0.2) is 53.4 Å². The number of ether oxygens (including phenoxy) is 1. The summed E-state index contributed by atoms with van der Waals surface area (Å²) in [4.78, 5) is 19.3. The Morgan fingerprint density at radius 3 is 2.55 bits per heavy atom. The van der Waals surface area contributed by atoms with Crippen molar-refractivity contribution in [2.75, 3.05) is 37.7 Å². The van der Waals surface area contributed by atoms with E-state index < -0.39 is 0 Å². The number of aryl methyl sites for hydroxylation is 1. The number of amides is 1. The lowest BCUT2D eigenvalue weighted by Gasteiger charge is -2.36. The van der Waals surface area contributed by atoms with Crippen LogP contribution in [0.1, 0.15) is 22.3 Å². The summed E-state index contributed by atoms with van der Waals surface area (Å²) in [6, 6.07) is 17.7. The van der Waals surface area contributed by atoms with Gasteiger partial charge in [0.15, 0.2) is 0 Å². The lowest BCUT2D eigenvalue weighted by molar-refractivity contribution is 0.0751. The fourth-order valence-corrected chi connectivity index (χ4v) is 5.49. The second kappa shape index (κ2) is 9.08. The van der Waals surface area contributed by atoms with Gasteiger partial charge in [-0.05, 0) is 56.3 Å². The number of hydrogen-bond acceptors (Lipinski definition) is 5. The highest BCUT2D eigenvalue weighted by Crippen LogP contribution is 2.33. The Labute approximate surface area is 201 Å². The number of piperazine rings is 1. The summed E-state index contributed by atoms with van der Waals surface area (Å²) in [5.74, 6) is 0.975. The summed E-state index contributed by atoms with van der Waals surface area (Å²) >= 11 is 7.53. The van der Waals surface area contributed by atoms with Crippen molar-refractivity contribution in [1.29, 1.82) is 0 Å². The Morgan fingerprint density at radius 1 is 1.09 bits per heavy atom. The molecule has 0 spiro atoms. The minimum absolute atomic E-state index is 0.0796. The predicted octanol–water partition coefficient (Wildman–Crippen LogP) is 5.41. The lowest BCUT2D eigenvalue weighted by atomic mass is 10.2. The van der Waals surface area contributed by atoms with E-state index in [0.717, 1.165) is 51.0 Å². The van der Waals surface area contributed by atoms with Gasteiger partial charge in [0.25, 0.3) is 5.91 Å². The molecule has 1 aliphatic heterocycles. The monoisotopic (exact) mass is 480 g/mol. The third-order valence-corrected chi connectivity index (χ3v) is 7.25. The van der Waals surface area contributed by atoms with Crippen molar-refractivity contribution >= 4 is 44.7 Å². The number of nitrogens with zero attached hydrogens (tertiary/aromatic N) is 4. The van der Waals surface area contributed by atoms with E-state index in [0.29, 0.717) is 24.7 Å². The number of para-hydroxylation sites is 2. The molecule has 33 heavy (non-hydrogen) atoms. The van der Waals surface area contributed by atoms with E-state index in [9.17, 15) is 4.79 Å². The highest BCUT2D eigenvalue weighted by molar-refractivity contribution is 7.20. The zero-order valence-corrected chi connectivity index (χ0v) is 20.2. The molecular weight excluding hydrogens is 456 g/mol. The van der Waals surface area contributed by atoms with Crippen LogP contribution in [-0.2, 0) is 0 Å². The first kappa shape index (κ1) is 21.8. The van der Waals surface area contributed by atoms with E-state index in [1.807, 2.05) is 72.0 Å². The largest absolute Gasteiger partial charge is 0.492 e. The number of thiophene rings is 1. The van der Waals surface area contributed by atoms with Crippen LogP contribution in [0.2, 0.25) is 5.02 Å². The average Bonchev–Trinajstić information content (AvgIpc) is 3.41. The van der Waals surface area contributed by atoms with Gasteiger partial charge in [-0.15, -0.1) is 11.3 Å². The smallest absolute Gasteiger partial charge is 0.264 e. The molecule has 4 aromatic rings. The second-order valence-corrected chi connectivity index (χ2v) is 9.45. The van der Waals surface area contributed by atoms with Gasteiger partial charge in [0.2, 0.25) is 0 Å². The van der Waals surface area contributed by atoms with Gasteiger partial charge in [-0.25, -0.2) is 4.68 Å². The van der Waals surface area contributed by atoms with Crippen LogP contribution in [0.4, 0.5) is 5.69 Å². The molecule has 0 N–H and O–H groups in total. The Bertz CT molecular complexity index is 1290. The summed E-state index contributed by atoms with van der Waals surface area (Å²) in [6.07, 6.45) is 0. The van der Waals surface area contributed by atoms with Gasteiger partial charge in [0.1, 0.15) is 10.6 Å². The van der Waals surface area contributed by atoms with Crippen molar-refractivity contribution in [2.24, 2.45) is 0 Å². The van der Waals surface area contributed by atoms with E-state index >= 15 is 0 Å². The Balaban J connectivity index is 1.34. The molecule has 0 atom stereocenters. The van der Waals surface area contributed by atoms with Crippen LogP contribution in [0.3, 0.4) is 0 Å². The van der Waals surface area contributed by atoms with E-state index in [1.165, 1.54) is 11.3 Å². The van der Waals surface area contributed by atoms with E-state index in [4.69, 9.17) is 16.3 Å². The molecule has 2 aromatic carbocycles. The molecule has 0 saturated carbocycles. The predicted molar refractivity (Wildman–Crippen MR) is 134 cm³/mol. The number of aromatic nitrogens is 2. The summed E-state index contributed by atoms with van der Waals surface area (Å²) in [7, 11) is 0. The highest BCUT2D eigenvalue weighted by Gasteiger charge is 2.26. The van der Waals surface area contributed by atoms with Crippen molar-refractivity contribution in [1.82, 2.24) is 14.7 Å². The Hall–Kier alpha value is -3.03. The third kappa shape index (κ3) is 4.18. The molecule has 1 saturated heterocycles. The SMILES string of the molecule is CCOc1ccccc1N1CCN(C(=O)c2cc3c(C)nn(-c4ccc(Cl)cc4)c3s2)CC1. The van der Waals surface area contributed by atoms with Crippen molar-refractivity contribution < 1.29 is 9.53 Å². The molecule has 170 valence electrons. The Morgan fingerprint density at radius 2 is 1.82 bits per heavy atom. The normalized spacial score (nSPS) is 14.2. The van der Waals surface area contributed by atoms with E-state index in [1.54, 1.807) is 0 Å². The number of fused-ring (bicyclic) bond motifs is 1. The molecule has 0 bridgehead atoms. The zero-order valence-electron chi connectivity index (χ0n) is 18.6. The number of carbonyl (C=O) groups excluding carboxylic acids is 1. The van der Waals surface area contributed by atoms with Crippen LogP contribution in [0.15, 0.2) is 54.6 Å². The van der Waals surface area contributed by atoms with Crippen LogP contribution in [0.25, 0.3) is 15.9 Å². The summed E-state index contributed by atoms with van der Waals surface area (Å²) < 4.78 is 7.68. The van der Waals surface area contributed by atoms with Gasteiger partial charge in [0, 0.05) is 36.6 Å². The molecule has 5 rings (SSSR count). The number of anilines is 1. The topological polar surface area (TPSA) is 50.6 Å². The first-order valence-electron chi connectivity index (χ1n) is 11.1. The minimum Gasteiger partial charge on any atom is -0.492 e. The minimum atomic E-state index is 0.0796. The number of rotatable bonds is 5. The molecule has 0 aliphatic carbocycles. The van der Waals surface area contributed by atoms with Crippen molar-refractivity contribution in [3.63, 3.8) is 0 Å². The molecule has 1 aliphatic rings. The first-order valence-corrected chi connectivity index (χ1v) is 12.3. The lowest BCUT2D eigenvalue weighted by Crippen LogP contribution is -2.48. The molecule has 3 heterocycles. The number of benzene rings is 2. The average molecular weight is 481 g/mol. The maximum atomic E-state index is 13.3. The summed E-state index contributed by atoms with van der Waals surface area (Å²) in [5, 5.41) is 6.37. The summed E-state index contributed by atoms with van der Waals surface area (Å²) in [5.41, 5.74) is 2.93. The van der Waals surface area contributed by atoms with Gasteiger partial charge in [-0.2, -0.15) is 5.10 Å². The van der Waals surface area contributed by atoms with Crippen LogP contribution >= 0.6 is 22.9 Å². The second-order valence-electron chi connectivity index (χ2n) is 7.98. The molecule has 6 nitrogen and oxygen atoms in total. The van der Waals surface area contributed by atoms with E-state index in [-0.39, 0.29) is 5.91 Å². The quantitative estimate of drug-likeness (QED) is 0.383. The molecule has 0 unspecified atom stereocenters. The molecule has 0 radical (unpaired) electrons. The third-order valence-electron chi connectivity index (χ3n) is 5.90. The number of hydrogen-bond donors (Lipinski definition) is 0. The zero-order chi connectivity index (χ0) is 22.9. The molecule has 8 heteroatoms. The fourth-order valence-electron chi connectivity index (χ4n) is 4.21. The van der Waals surface area contributed by atoms with Gasteiger partial charge < -0.3 is 14.5 Å². The fraction of sp³-hybridized carbons (Fsp3) is 0.280. The standard InChI is InChI=1S/C25H25ClN4O2S/c1-3-32-22-7-5-4-6-21(22)28-12-14-29(15-13-28)24(31)23-16-20-17(2)27-30(25(20)33-23)19-10-8-18(26)9-11-19/h4-11,16H,3,12-15H2,1-2H3. The van der Waals surface area contributed by atoms with Crippen molar-refractivity contribution in [3.05, 3.63) is 70.2 Å². The molecule has 1 fully saturated rings. The van der Waals surface area contributed by atoms with Crippen LogP contribution < -0.4 is 9.64 Å². The first-order chi connectivity index (χ1) is 16.0. The van der Waals surface area contributed by atoms with Crippen LogP contribution in [0, 0.1) is 6.92 Å². The van der Waals surface area contributed by atoms with Gasteiger partial charge in [-0.1, -0.05) is 23.7 Å². The molecular formula is C25H25ClN4O2S. The van der Waals surface area contributed by atoms with Gasteiger partial charge in [0.05, 0.1) is 28.6 Å². The van der Waals surface area contributed by atoms with Crippen molar-refractivity contribution in [2.45, 2.75) is 13.8 Å². The van der Waals surface area contributed by atoms with Gasteiger partial charge >= 0.3 is 0 Å². The van der Waals surface area contributed by atoms with Gasteiger partial charge in [-0.3, -0.25) is 4.79 Å². The number of carbonyl (C=O) groups is 1. The van der Waals surface area contributed by atoms with E-state index in [2.05, 4.69) is 16.1 Å². The Kier molecular flexibility index (Phi) is 6.00. The van der Waals surface area contributed by atoms with Crippen LogP contribution in [0.5, 0.6) is 5.75 Å². The maximum absolute atomic E-state index is 13.3. The highest BCUT2D eigenvalue weighted by atomic mass is 35.5. The molecule has 2 aromatic heterocycles. The maximum Gasteiger partial charge on any atom is 0.264 e. The molecule has 1 amide bonds. The van der Waals surface area contributed by atoms with Crippen molar-refractivity contribution in [3.8, 4) is 11.4 Å².